The second-order valence-electron chi connectivity index (χ2n) is 4.72. The van der Waals surface area contributed by atoms with E-state index < -0.39 is 11.9 Å². The predicted octanol–water partition coefficient (Wildman–Crippen LogP) is 3.73. The summed E-state index contributed by atoms with van der Waals surface area (Å²) in [5.41, 5.74) is 0.273. The highest BCUT2D eigenvalue weighted by Crippen LogP contribution is 2.21. The Bertz CT molecular complexity index is 555. The van der Waals surface area contributed by atoms with Crippen molar-refractivity contribution >= 4 is 0 Å². The Hall–Kier alpha value is -2.07. The Morgan fingerprint density at radius 3 is 2.29 bits per heavy atom. The summed E-state index contributed by atoms with van der Waals surface area (Å²) in [7, 11) is 0. The number of ether oxygens (including phenoxy) is 2. The number of aliphatic hydroxyl groups excluding tert-OH is 1. The molecule has 0 heterocycles. The largest absolute Gasteiger partial charge is 0.493 e. The molecule has 0 amide bonds. The van der Waals surface area contributed by atoms with Gasteiger partial charge in [-0.05, 0) is 31.2 Å². The Labute approximate surface area is 124 Å². The molecular formula is C17H19FO3. The highest BCUT2D eigenvalue weighted by Gasteiger charge is 2.08. The third-order valence-corrected chi connectivity index (χ3v) is 2.99. The molecule has 2 aromatic carbocycles. The van der Waals surface area contributed by atoms with Crippen LogP contribution in [0.1, 0.15) is 25.0 Å². The summed E-state index contributed by atoms with van der Waals surface area (Å²) >= 11 is 0. The number of para-hydroxylation sites is 1. The molecule has 0 saturated heterocycles. The quantitative estimate of drug-likeness (QED) is 0.790. The third kappa shape index (κ3) is 4.76. The first-order chi connectivity index (χ1) is 10.2. The summed E-state index contributed by atoms with van der Waals surface area (Å²) in [4.78, 5) is 0. The maximum absolute atomic E-state index is 13.6. The fourth-order valence-corrected chi connectivity index (χ4v) is 1.89. The number of halogens is 1. The van der Waals surface area contributed by atoms with E-state index in [2.05, 4.69) is 0 Å². The lowest BCUT2D eigenvalue weighted by Gasteiger charge is -2.10. The number of benzene rings is 2. The van der Waals surface area contributed by atoms with Gasteiger partial charge in [0.05, 0.1) is 19.3 Å². The maximum atomic E-state index is 13.6. The molecule has 112 valence electrons. The Balaban J connectivity index is 1.72. The van der Waals surface area contributed by atoms with E-state index in [1.165, 1.54) is 19.1 Å². The maximum Gasteiger partial charge on any atom is 0.132 e. The highest BCUT2D eigenvalue weighted by molar-refractivity contribution is 5.30. The molecule has 1 atom stereocenters. The topological polar surface area (TPSA) is 38.7 Å². The molecule has 0 spiro atoms. The van der Waals surface area contributed by atoms with E-state index in [0.29, 0.717) is 25.4 Å². The van der Waals surface area contributed by atoms with Gasteiger partial charge < -0.3 is 14.6 Å². The Morgan fingerprint density at radius 1 is 1.00 bits per heavy atom. The van der Waals surface area contributed by atoms with E-state index in [0.717, 1.165) is 5.75 Å². The van der Waals surface area contributed by atoms with Crippen LogP contribution in [0.2, 0.25) is 0 Å². The summed E-state index contributed by atoms with van der Waals surface area (Å²) in [6.45, 7) is 2.51. The van der Waals surface area contributed by atoms with Gasteiger partial charge in [-0.25, -0.2) is 4.39 Å². The van der Waals surface area contributed by atoms with Gasteiger partial charge in [0.1, 0.15) is 17.3 Å². The van der Waals surface area contributed by atoms with Crippen LogP contribution in [0.5, 0.6) is 11.5 Å². The lowest BCUT2D eigenvalue weighted by atomic mass is 10.1. The molecule has 0 aliphatic heterocycles. The van der Waals surface area contributed by atoms with Crippen LogP contribution >= 0.6 is 0 Å². The normalized spacial score (nSPS) is 12.0. The Morgan fingerprint density at radius 2 is 1.67 bits per heavy atom. The minimum absolute atomic E-state index is 0.273. The SMILES string of the molecule is CC(O)c1ccc(OCCCOc2ccccc2)cc1F. The van der Waals surface area contributed by atoms with Crippen LogP contribution in [0, 0.1) is 5.82 Å². The molecule has 1 N–H and O–H groups in total. The van der Waals surface area contributed by atoms with Crippen molar-refractivity contribution < 1.29 is 19.0 Å². The van der Waals surface area contributed by atoms with Gasteiger partial charge in [0, 0.05) is 18.1 Å². The van der Waals surface area contributed by atoms with E-state index in [9.17, 15) is 9.50 Å². The minimum Gasteiger partial charge on any atom is -0.493 e. The third-order valence-electron chi connectivity index (χ3n) is 2.99. The first kappa shape index (κ1) is 15.3. The number of hydrogen-bond acceptors (Lipinski definition) is 3. The molecule has 0 radical (unpaired) electrons. The zero-order valence-corrected chi connectivity index (χ0v) is 12.0. The molecule has 0 aliphatic rings. The van der Waals surface area contributed by atoms with Crippen molar-refractivity contribution in [1.82, 2.24) is 0 Å². The molecule has 21 heavy (non-hydrogen) atoms. The summed E-state index contributed by atoms with van der Waals surface area (Å²) in [6.07, 6.45) is -0.118. The smallest absolute Gasteiger partial charge is 0.132 e. The fourth-order valence-electron chi connectivity index (χ4n) is 1.89. The van der Waals surface area contributed by atoms with Crippen LogP contribution in [0.15, 0.2) is 48.5 Å². The van der Waals surface area contributed by atoms with Crippen LogP contribution in [0.3, 0.4) is 0 Å². The lowest BCUT2D eigenvalue weighted by molar-refractivity contribution is 0.193. The number of rotatable bonds is 7. The van der Waals surface area contributed by atoms with Crippen molar-refractivity contribution in [3.05, 3.63) is 59.9 Å². The summed E-state index contributed by atoms with van der Waals surface area (Å²) in [5.74, 6) is 0.824. The number of aliphatic hydroxyl groups is 1. The number of hydrogen-bond donors (Lipinski definition) is 1. The van der Waals surface area contributed by atoms with E-state index >= 15 is 0 Å². The summed E-state index contributed by atoms with van der Waals surface area (Å²) < 4.78 is 24.6. The summed E-state index contributed by atoms with van der Waals surface area (Å²) in [5, 5.41) is 9.35. The van der Waals surface area contributed by atoms with Crippen LogP contribution in [-0.4, -0.2) is 18.3 Å². The van der Waals surface area contributed by atoms with Gasteiger partial charge in [0.2, 0.25) is 0 Å². The zero-order valence-electron chi connectivity index (χ0n) is 12.0. The molecule has 0 aliphatic carbocycles. The van der Waals surface area contributed by atoms with Gasteiger partial charge in [0.15, 0.2) is 0 Å². The first-order valence-electron chi connectivity index (χ1n) is 6.95. The highest BCUT2D eigenvalue weighted by atomic mass is 19.1. The van der Waals surface area contributed by atoms with E-state index in [-0.39, 0.29) is 5.56 Å². The standard InChI is InChI=1S/C17H19FO3/c1-13(19)16-9-8-15(12-17(16)18)21-11-5-10-20-14-6-3-2-4-7-14/h2-4,6-9,12-13,19H,5,10-11H2,1H3. The molecule has 0 saturated carbocycles. The van der Waals surface area contributed by atoms with Gasteiger partial charge in [0.25, 0.3) is 0 Å². The molecule has 2 aromatic rings. The van der Waals surface area contributed by atoms with Gasteiger partial charge in [-0.1, -0.05) is 18.2 Å². The fraction of sp³-hybridized carbons (Fsp3) is 0.294. The zero-order chi connectivity index (χ0) is 15.1. The average Bonchev–Trinajstić information content (AvgIpc) is 2.47. The van der Waals surface area contributed by atoms with Crippen molar-refractivity contribution in [2.45, 2.75) is 19.4 Å². The average molecular weight is 290 g/mol. The van der Waals surface area contributed by atoms with Crippen molar-refractivity contribution in [3.8, 4) is 11.5 Å². The molecule has 0 fully saturated rings. The minimum atomic E-state index is -0.821. The van der Waals surface area contributed by atoms with Crippen LogP contribution in [-0.2, 0) is 0 Å². The van der Waals surface area contributed by atoms with Gasteiger partial charge >= 0.3 is 0 Å². The van der Waals surface area contributed by atoms with Crippen molar-refractivity contribution in [2.24, 2.45) is 0 Å². The van der Waals surface area contributed by atoms with E-state index in [4.69, 9.17) is 9.47 Å². The monoisotopic (exact) mass is 290 g/mol. The van der Waals surface area contributed by atoms with Crippen LogP contribution in [0.25, 0.3) is 0 Å². The molecule has 0 bridgehead atoms. The Kier molecular flexibility index (Phi) is 5.58. The van der Waals surface area contributed by atoms with E-state index in [1.807, 2.05) is 30.3 Å². The second kappa shape index (κ2) is 7.64. The summed E-state index contributed by atoms with van der Waals surface area (Å²) in [6, 6.07) is 14.0. The molecule has 2 rings (SSSR count). The van der Waals surface area contributed by atoms with Crippen LogP contribution in [0.4, 0.5) is 4.39 Å². The van der Waals surface area contributed by atoms with Crippen molar-refractivity contribution in [1.29, 1.82) is 0 Å². The van der Waals surface area contributed by atoms with Gasteiger partial charge in [-0.15, -0.1) is 0 Å². The predicted molar refractivity (Wildman–Crippen MR) is 79.1 cm³/mol. The molecule has 3 nitrogen and oxygen atoms in total. The molecular weight excluding hydrogens is 271 g/mol. The van der Waals surface area contributed by atoms with E-state index in [1.54, 1.807) is 6.07 Å². The van der Waals surface area contributed by atoms with Crippen molar-refractivity contribution in [3.63, 3.8) is 0 Å². The second-order valence-corrected chi connectivity index (χ2v) is 4.72. The van der Waals surface area contributed by atoms with Gasteiger partial charge in [-0.2, -0.15) is 0 Å². The first-order valence-corrected chi connectivity index (χ1v) is 6.95. The van der Waals surface area contributed by atoms with Crippen LogP contribution < -0.4 is 9.47 Å². The van der Waals surface area contributed by atoms with Crippen molar-refractivity contribution in [2.75, 3.05) is 13.2 Å². The molecule has 1 unspecified atom stereocenters. The molecule has 0 aromatic heterocycles. The van der Waals surface area contributed by atoms with Gasteiger partial charge in [-0.3, -0.25) is 0 Å². The lowest BCUT2D eigenvalue weighted by Crippen LogP contribution is -2.05. The molecule has 4 heteroatoms.